The highest BCUT2D eigenvalue weighted by atomic mass is 31.2. The van der Waals surface area contributed by atoms with E-state index in [-0.39, 0.29) is 29.9 Å². The summed E-state index contributed by atoms with van der Waals surface area (Å²) in [5.74, 6) is -1.46. The second-order valence-electron chi connectivity index (χ2n) is 4.92. The van der Waals surface area contributed by atoms with E-state index in [1.165, 1.54) is 32.4 Å². The van der Waals surface area contributed by atoms with Crippen molar-refractivity contribution in [1.82, 2.24) is 0 Å². The minimum atomic E-state index is -3.53. The standard InChI is InChI=1S/C16H21O8P/c1-5-6-24-13-8-11(15(14(18)9-13)16(19)21-2)7-12(17)10-25(20,22-3)23-4/h5,8-9,18H,1,6-7,10H2,2-4H3. The molecule has 138 valence electrons. The largest absolute Gasteiger partial charge is 0.507 e. The fourth-order valence-electron chi connectivity index (χ4n) is 2.06. The molecule has 8 nitrogen and oxygen atoms in total. The minimum Gasteiger partial charge on any atom is -0.507 e. The first kappa shape index (κ1) is 20.9. The Balaban J connectivity index is 3.18. The molecule has 1 aromatic carbocycles. The van der Waals surface area contributed by atoms with Gasteiger partial charge < -0.3 is 23.6 Å². The molecular formula is C16H21O8P. The highest BCUT2D eigenvalue weighted by molar-refractivity contribution is 7.54. The summed E-state index contributed by atoms with van der Waals surface area (Å²) in [5, 5.41) is 10.1. The molecule has 1 N–H and O–H groups in total. The summed E-state index contributed by atoms with van der Waals surface area (Å²) in [6.45, 7) is 3.69. The number of phenolic OH excluding ortho intramolecular Hbond substituents is 1. The van der Waals surface area contributed by atoms with Crippen LogP contribution < -0.4 is 4.74 Å². The minimum absolute atomic E-state index is 0.161. The van der Waals surface area contributed by atoms with Crippen molar-refractivity contribution in [2.24, 2.45) is 0 Å². The number of methoxy groups -OCH3 is 1. The first-order valence-electron chi connectivity index (χ1n) is 7.20. The average Bonchev–Trinajstić information content (AvgIpc) is 2.58. The number of ketones is 1. The number of ether oxygens (including phenoxy) is 2. The van der Waals surface area contributed by atoms with Crippen LogP contribution in [0.1, 0.15) is 15.9 Å². The lowest BCUT2D eigenvalue weighted by Crippen LogP contribution is -2.14. The van der Waals surface area contributed by atoms with Gasteiger partial charge in [0.25, 0.3) is 0 Å². The van der Waals surface area contributed by atoms with E-state index < -0.39 is 31.3 Å². The molecule has 25 heavy (non-hydrogen) atoms. The maximum Gasteiger partial charge on any atom is 0.341 e. The van der Waals surface area contributed by atoms with Crippen LogP contribution in [-0.4, -0.2) is 51.0 Å². The highest BCUT2D eigenvalue weighted by Gasteiger charge is 2.27. The third kappa shape index (κ3) is 5.70. The van der Waals surface area contributed by atoms with E-state index in [1.54, 1.807) is 0 Å². The van der Waals surface area contributed by atoms with Crippen molar-refractivity contribution in [2.45, 2.75) is 6.42 Å². The zero-order chi connectivity index (χ0) is 19.0. The maximum absolute atomic E-state index is 12.2. The molecule has 0 unspecified atom stereocenters. The fraction of sp³-hybridized carbons (Fsp3) is 0.375. The van der Waals surface area contributed by atoms with Gasteiger partial charge >= 0.3 is 13.6 Å². The topological polar surface area (TPSA) is 108 Å². The van der Waals surface area contributed by atoms with Crippen LogP contribution in [0, 0.1) is 0 Å². The maximum atomic E-state index is 12.2. The molecule has 0 radical (unpaired) electrons. The molecule has 1 rings (SSSR count). The zero-order valence-electron chi connectivity index (χ0n) is 14.3. The van der Waals surface area contributed by atoms with Crippen LogP contribution in [-0.2, 0) is 29.6 Å². The molecule has 1 aromatic rings. The molecule has 0 spiro atoms. The normalized spacial score (nSPS) is 11.0. The Morgan fingerprint density at radius 1 is 1.24 bits per heavy atom. The Kier molecular flexibility index (Phi) is 7.83. The average molecular weight is 372 g/mol. The van der Waals surface area contributed by atoms with Crippen LogP contribution in [0.25, 0.3) is 0 Å². The van der Waals surface area contributed by atoms with Crippen molar-refractivity contribution in [3.63, 3.8) is 0 Å². The number of esters is 1. The van der Waals surface area contributed by atoms with Gasteiger partial charge in [0, 0.05) is 26.7 Å². The third-order valence-corrected chi connectivity index (χ3v) is 5.10. The van der Waals surface area contributed by atoms with Gasteiger partial charge in [0.05, 0.1) is 7.11 Å². The van der Waals surface area contributed by atoms with Crippen LogP contribution in [0.3, 0.4) is 0 Å². The molecular weight excluding hydrogens is 351 g/mol. The van der Waals surface area contributed by atoms with Gasteiger partial charge in [-0.25, -0.2) is 4.79 Å². The van der Waals surface area contributed by atoms with Crippen LogP contribution in [0.5, 0.6) is 11.5 Å². The summed E-state index contributed by atoms with van der Waals surface area (Å²) in [5.41, 5.74) is 0.0149. The van der Waals surface area contributed by atoms with Crippen LogP contribution >= 0.6 is 7.60 Å². The van der Waals surface area contributed by atoms with Crippen LogP contribution in [0.2, 0.25) is 0 Å². The predicted octanol–water partition coefficient (Wildman–Crippen LogP) is 2.34. The third-order valence-electron chi connectivity index (χ3n) is 3.24. The van der Waals surface area contributed by atoms with Gasteiger partial charge in [-0.3, -0.25) is 9.36 Å². The van der Waals surface area contributed by atoms with Gasteiger partial charge in [0.15, 0.2) is 0 Å². The first-order valence-corrected chi connectivity index (χ1v) is 8.93. The van der Waals surface area contributed by atoms with Gasteiger partial charge in [0.2, 0.25) is 0 Å². The highest BCUT2D eigenvalue weighted by Crippen LogP contribution is 2.46. The Morgan fingerprint density at radius 2 is 1.88 bits per heavy atom. The molecule has 0 bridgehead atoms. The van der Waals surface area contributed by atoms with E-state index in [1.807, 2.05) is 0 Å². The van der Waals surface area contributed by atoms with Crippen molar-refractivity contribution in [3.8, 4) is 11.5 Å². The van der Waals surface area contributed by atoms with E-state index in [0.29, 0.717) is 0 Å². The van der Waals surface area contributed by atoms with Crippen molar-refractivity contribution in [2.75, 3.05) is 34.1 Å². The first-order chi connectivity index (χ1) is 11.8. The number of hydrogen-bond donors (Lipinski definition) is 1. The Hall–Kier alpha value is -2.15. The smallest absolute Gasteiger partial charge is 0.341 e. The monoisotopic (exact) mass is 372 g/mol. The van der Waals surface area contributed by atoms with Gasteiger partial charge in [-0.15, -0.1) is 0 Å². The molecule has 0 aliphatic heterocycles. The molecule has 0 amide bonds. The number of carbonyl (C=O) groups excluding carboxylic acids is 2. The molecule has 0 fully saturated rings. The Bertz CT molecular complexity index is 690. The zero-order valence-corrected chi connectivity index (χ0v) is 15.2. The van der Waals surface area contributed by atoms with E-state index in [0.717, 1.165) is 7.11 Å². The SMILES string of the molecule is C=CCOc1cc(O)c(C(=O)OC)c(CC(=O)CP(=O)(OC)OC)c1. The van der Waals surface area contributed by atoms with Crippen molar-refractivity contribution in [3.05, 3.63) is 35.9 Å². The van der Waals surface area contributed by atoms with Crippen molar-refractivity contribution in [1.29, 1.82) is 0 Å². The molecule has 0 aliphatic carbocycles. The number of phenols is 1. The summed E-state index contributed by atoms with van der Waals surface area (Å²) in [7, 11) is -0.0345. The van der Waals surface area contributed by atoms with Gasteiger partial charge in [0.1, 0.15) is 35.6 Å². The number of carbonyl (C=O) groups is 2. The van der Waals surface area contributed by atoms with E-state index in [9.17, 15) is 19.3 Å². The second kappa shape index (κ2) is 9.36. The molecule has 0 atom stereocenters. The van der Waals surface area contributed by atoms with E-state index in [4.69, 9.17) is 13.8 Å². The molecule has 0 saturated heterocycles. The lowest BCUT2D eigenvalue weighted by atomic mass is 10.0. The fourth-order valence-corrected chi connectivity index (χ4v) is 3.01. The number of benzene rings is 1. The van der Waals surface area contributed by atoms with Gasteiger partial charge in [-0.2, -0.15) is 0 Å². The molecule has 0 aromatic heterocycles. The van der Waals surface area contributed by atoms with Gasteiger partial charge in [-0.1, -0.05) is 12.7 Å². The summed E-state index contributed by atoms with van der Waals surface area (Å²) in [6, 6.07) is 2.66. The number of rotatable bonds is 10. The lowest BCUT2D eigenvalue weighted by molar-refractivity contribution is -0.116. The molecule has 0 aliphatic rings. The van der Waals surface area contributed by atoms with Gasteiger partial charge in [-0.05, 0) is 11.6 Å². The van der Waals surface area contributed by atoms with Crippen molar-refractivity contribution >= 4 is 19.3 Å². The summed E-state index contributed by atoms with van der Waals surface area (Å²) in [6.07, 6.45) is 0.739. The number of hydrogen-bond acceptors (Lipinski definition) is 8. The quantitative estimate of drug-likeness (QED) is 0.379. The van der Waals surface area contributed by atoms with Crippen molar-refractivity contribution < 1.29 is 37.8 Å². The second-order valence-corrected chi connectivity index (χ2v) is 7.19. The molecule has 0 heterocycles. The summed E-state index contributed by atoms with van der Waals surface area (Å²) >= 11 is 0. The van der Waals surface area contributed by atoms with E-state index in [2.05, 4.69) is 11.3 Å². The van der Waals surface area contributed by atoms with E-state index >= 15 is 0 Å². The Labute approximate surface area is 145 Å². The predicted molar refractivity (Wildman–Crippen MR) is 90.3 cm³/mol. The van der Waals surface area contributed by atoms with Crippen LogP contribution in [0.4, 0.5) is 0 Å². The molecule has 0 saturated carbocycles. The molecule has 9 heteroatoms. The number of Topliss-reactive ketones (excluding diaryl/α,β-unsaturated/α-hetero) is 1. The Morgan fingerprint density at radius 3 is 2.40 bits per heavy atom. The lowest BCUT2D eigenvalue weighted by Gasteiger charge is -2.15. The summed E-state index contributed by atoms with van der Waals surface area (Å²) < 4.78 is 31.5. The summed E-state index contributed by atoms with van der Waals surface area (Å²) in [4.78, 5) is 24.1. The number of aromatic hydroxyl groups is 1. The van der Waals surface area contributed by atoms with Crippen LogP contribution in [0.15, 0.2) is 24.8 Å².